The van der Waals surface area contributed by atoms with Crippen molar-refractivity contribution in [3.05, 3.63) is 69.4 Å². The molecule has 2 amide bonds. The van der Waals surface area contributed by atoms with Crippen molar-refractivity contribution in [3.8, 4) is 0 Å². The molecule has 0 saturated carbocycles. The van der Waals surface area contributed by atoms with Gasteiger partial charge in [0.15, 0.2) is 0 Å². The Morgan fingerprint density at radius 3 is 2.67 bits per heavy atom. The molecule has 5 rings (SSSR count). The number of urea groups is 1. The van der Waals surface area contributed by atoms with E-state index in [-0.39, 0.29) is 17.4 Å². The topological polar surface area (TPSA) is 112 Å². The molecule has 204 valence electrons. The maximum atomic E-state index is 13.5. The predicted octanol–water partition coefficient (Wildman–Crippen LogP) is 4.95. The summed E-state index contributed by atoms with van der Waals surface area (Å²) in [4.78, 5) is 35.0. The number of H-pyrrole nitrogens is 1. The number of amides is 2. The van der Waals surface area contributed by atoms with Crippen LogP contribution in [0.4, 0.5) is 20.8 Å². The Kier molecular flexibility index (Phi) is 7.07. The summed E-state index contributed by atoms with van der Waals surface area (Å²) in [7, 11) is -0.258. The van der Waals surface area contributed by atoms with Gasteiger partial charge in [0.2, 0.25) is 5.95 Å². The molecule has 2 aromatic heterocycles. The SMILES string of the molecule is Cc1cc(F)ccc1Nc1nc2ccc3c(C)c(/C=C/CNC(=O)N4CCP(C)(=O)CC4)[nH]c(=O)c3c2n1C. The smallest absolute Gasteiger partial charge is 0.317 e. The van der Waals surface area contributed by atoms with Crippen LogP contribution in [0.1, 0.15) is 16.8 Å². The minimum absolute atomic E-state index is 0.179. The van der Waals surface area contributed by atoms with Gasteiger partial charge in [0.25, 0.3) is 5.56 Å². The van der Waals surface area contributed by atoms with Crippen LogP contribution in [-0.2, 0) is 11.6 Å². The van der Waals surface area contributed by atoms with Crippen molar-refractivity contribution in [2.45, 2.75) is 13.8 Å². The minimum Gasteiger partial charge on any atom is -0.335 e. The third-order valence-corrected chi connectivity index (χ3v) is 9.68. The van der Waals surface area contributed by atoms with E-state index in [2.05, 4.69) is 20.6 Å². The van der Waals surface area contributed by atoms with Gasteiger partial charge < -0.3 is 29.6 Å². The lowest BCUT2D eigenvalue weighted by atomic mass is 10.0. The Labute approximate surface area is 225 Å². The van der Waals surface area contributed by atoms with Crippen LogP contribution >= 0.6 is 7.14 Å². The number of carbonyl (C=O) groups excluding carboxylic acids is 1. The van der Waals surface area contributed by atoms with E-state index in [4.69, 9.17) is 0 Å². The van der Waals surface area contributed by atoms with Crippen LogP contribution in [0.2, 0.25) is 0 Å². The van der Waals surface area contributed by atoms with Crippen molar-refractivity contribution in [1.82, 2.24) is 24.8 Å². The third kappa shape index (κ3) is 5.34. The predicted molar refractivity (Wildman–Crippen MR) is 155 cm³/mol. The monoisotopic (exact) mass is 550 g/mol. The lowest BCUT2D eigenvalue weighted by Gasteiger charge is -2.30. The standard InChI is InChI=1S/C28H32FN6O3P/c1-17-16-19(29)7-9-21(17)32-27-33-23-10-8-20-18(2)22(31-26(36)24(20)25(23)34(27)3)6-5-11-30-28(37)35-12-14-39(4,38)15-13-35/h5-10,16H,11-15H2,1-4H3,(H,30,37)(H,31,36)(H,32,33)/b6-5+. The quantitative estimate of drug-likeness (QED) is 0.305. The molecule has 0 spiro atoms. The fraction of sp³-hybridized carbons (Fsp3) is 0.321. The Morgan fingerprint density at radius 2 is 1.95 bits per heavy atom. The van der Waals surface area contributed by atoms with E-state index in [0.717, 1.165) is 22.2 Å². The molecule has 1 saturated heterocycles. The third-order valence-electron chi connectivity index (χ3n) is 7.38. The van der Waals surface area contributed by atoms with E-state index in [9.17, 15) is 18.5 Å². The average Bonchev–Trinajstić information content (AvgIpc) is 3.20. The first-order valence-corrected chi connectivity index (χ1v) is 15.4. The number of nitrogens with zero attached hydrogens (tertiary/aromatic N) is 3. The number of anilines is 2. The van der Waals surface area contributed by atoms with Gasteiger partial charge in [-0.15, -0.1) is 0 Å². The van der Waals surface area contributed by atoms with Crippen LogP contribution in [-0.4, -0.2) is 64.1 Å². The molecule has 0 unspecified atom stereocenters. The van der Waals surface area contributed by atoms with Crippen LogP contribution in [0.5, 0.6) is 0 Å². The molecule has 1 fully saturated rings. The van der Waals surface area contributed by atoms with Gasteiger partial charge in [-0.3, -0.25) is 4.79 Å². The zero-order valence-electron chi connectivity index (χ0n) is 22.5. The first-order valence-electron chi connectivity index (χ1n) is 12.8. The van der Waals surface area contributed by atoms with E-state index < -0.39 is 7.14 Å². The summed E-state index contributed by atoms with van der Waals surface area (Å²) in [5.74, 6) is 0.235. The van der Waals surface area contributed by atoms with Crippen molar-refractivity contribution >= 4 is 52.7 Å². The Morgan fingerprint density at radius 1 is 1.21 bits per heavy atom. The first kappa shape index (κ1) is 26.7. The maximum Gasteiger partial charge on any atom is 0.317 e. The van der Waals surface area contributed by atoms with Gasteiger partial charge in [0.05, 0.1) is 23.6 Å². The fourth-order valence-electron chi connectivity index (χ4n) is 4.96. The van der Waals surface area contributed by atoms with Crippen LogP contribution in [0.25, 0.3) is 27.9 Å². The average molecular weight is 551 g/mol. The molecule has 1 aliphatic rings. The first-order chi connectivity index (χ1) is 18.5. The molecule has 0 radical (unpaired) electrons. The highest BCUT2D eigenvalue weighted by atomic mass is 31.2. The van der Waals surface area contributed by atoms with Crippen molar-refractivity contribution in [3.63, 3.8) is 0 Å². The van der Waals surface area contributed by atoms with Crippen molar-refractivity contribution in [1.29, 1.82) is 0 Å². The van der Waals surface area contributed by atoms with Crippen LogP contribution in [0.3, 0.4) is 0 Å². The number of aromatic amines is 1. The molecule has 9 nitrogen and oxygen atoms in total. The molecular formula is C28H32FN6O3P. The van der Waals surface area contributed by atoms with Crippen molar-refractivity contribution in [2.24, 2.45) is 7.05 Å². The van der Waals surface area contributed by atoms with E-state index in [1.54, 1.807) is 29.8 Å². The molecule has 3 heterocycles. The number of aryl methyl sites for hydroxylation is 3. The second kappa shape index (κ2) is 10.3. The molecular weight excluding hydrogens is 518 g/mol. The van der Waals surface area contributed by atoms with Crippen LogP contribution in [0, 0.1) is 19.7 Å². The molecule has 2 aromatic carbocycles. The summed E-state index contributed by atoms with van der Waals surface area (Å²) in [5, 5.41) is 7.45. The molecule has 0 aliphatic carbocycles. The number of halogens is 1. The highest BCUT2D eigenvalue weighted by Crippen LogP contribution is 2.42. The normalized spacial score (nSPS) is 15.4. The van der Waals surface area contributed by atoms with E-state index in [1.165, 1.54) is 12.1 Å². The number of benzene rings is 2. The lowest BCUT2D eigenvalue weighted by molar-refractivity contribution is 0.203. The van der Waals surface area contributed by atoms with Gasteiger partial charge in [-0.2, -0.15) is 0 Å². The summed E-state index contributed by atoms with van der Waals surface area (Å²) >= 11 is 0. The largest absolute Gasteiger partial charge is 0.335 e. The van der Waals surface area contributed by atoms with E-state index in [1.807, 2.05) is 37.6 Å². The van der Waals surface area contributed by atoms with E-state index >= 15 is 0 Å². The fourth-order valence-corrected chi connectivity index (χ4v) is 6.52. The Balaban J connectivity index is 1.38. The molecule has 11 heteroatoms. The number of aromatic nitrogens is 3. The second-order valence-corrected chi connectivity index (χ2v) is 13.7. The van der Waals surface area contributed by atoms with Gasteiger partial charge in [-0.25, -0.2) is 14.2 Å². The lowest BCUT2D eigenvalue weighted by Crippen LogP contribution is -2.45. The summed E-state index contributed by atoms with van der Waals surface area (Å²) in [6.07, 6.45) is 4.71. The summed E-state index contributed by atoms with van der Waals surface area (Å²) in [5.41, 5.74) is 4.16. The van der Waals surface area contributed by atoms with Crippen molar-refractivity contribution in [2.75, 3.05) is 43.9 Å². The summed E-state index contributed by atoms with van der Waals surface area (Å²) in [6.45, 7) is 6.86. The van der Waals surface area contributed by atoms with Gasteiger partial charge in [-0.1, -0.05) is 12.1 Å². The van der Waals surface area contributed by atoms with Gasteiger partial charge in [0, 0.05) is 50.4 Å². The number of rotatable bonds is 5. The molecule has 3 N–H and O–H groups in total. The molecule has 0 bridgehead atoms. The number of nitrogens with one attached hydrogen (secondary N) is 3. The van der Waals surface area contributed by atoms with Gasteiger partial charge in [-0.05, 0) is 67.4 Å². The highest BCUT2D eigenvalue weighted by molar-refractivity contribution is 7.63. The van der Waals surface area contributed by atoms with Gasteiger partial charge >= 0.3 is 6.03 Å². The second-order valence-electron chi connectivity index (χ2n) is 10.2. The molecule has 0 atom stereocenters. The number of hydrogen-bond acceptors (Lipinski definition) is 5. The molecule has 1 aliphatic heterocycles. The zero-order chi connectivity index (χ0) is 27.9. The minimum atomic E-state index is -2.09. The Hall–Kier alpha value is -3.91. The summed E-state index contributed by atoms with van der Waals surface area (Å²) < 4.78 is 27.5. The maximum absolute atomic E-state index is 13.5. The van der Waals surface area contributed by atoms with E-state index in [0.29, 0.717) is 60.0 Å². The van der Waals surface area contributed by atoms with Crippen LogP contribution in [0.15, 0.2) is 41.2 Å². The molecule has 39 heavy (non-hydrogen) atoms. The number of carbonyl (C=O) groups is 1. The molecule has 4 aromatic rings. The zero-order valence-corrected chi connectivity index (χ0v) is 23.4. The number of hydrogen-bond donors (Lipinski definition) is 3. The number of pyridine rings is 1. The highest BCUT2D eigenvalue weighted by Gasteiger charge is 2.26. The Bertz CT molecular complexity index is 1730. The number of imidazole rings is 1. The summed E-state index contributed by atoms with van der Waals surface area (Å²) in [6, 6.07) is 8.10. The van der Waals surface area contributed by atoms with Crippen molar-refractivity contribution < 1.29 is 13.8 Å². The number of fused-ring (bicyclic) bond motifs is 3. The van der Waals surface area contributed by atoms with Crippen LogP contribution < -0.4 is 16.2 Å². The van der Waals surface area contributed by atoms with Gasteiger partial charge in [0.1, 0.15) is 5.82 Å².